The van der Waals surface area contributed by atoms with Gasteiger partial charge in [0.15, 0.2) is 11.6 Å². The molecule has 0 aliphatic carbocycles. The molecule has 5 heteroatoms. The Kier molecular flexibility index (Phi) is 5.16. The molecule has 1 N–H and O–H groups in total. The van der Waals surface area contributed by atoms with E-state index in [4.69, 9.17) is 4.74 Å². The van der Waals surface area contributed by atoms with E-state index in [1.54, 1.807) is 30.1 Å². The van der Waals surface area contributed by atoms with E-state index in [1.165, 1.54) is 18.9 Å². The molecule has 2 unspecified atom stereocenters. The summed E-state index contributed by atoms with van der Waals surface area (Å²) in [5, 5.41) is 3.60. The van der Waals surface area contributed by atoms with Crippen LogP contribution in [0.3, 0.4) is 0 Å². The molecule has 0 radical (unpaired) electrons. The highest BCUT2D eigenvalue weighted by Crippen LogP contribution is 2.32. The van der Waals surface area contributed by atoms with Crippen LogP contribution >= 0.6 is 0 Å². The molecule has 2 aliphatic rings. The number of fused-ring (bicyclic) bond motifs is 2. The molecule has 2 fully saturated rings. The molecule has 1 amide bonds. The van der Waals surface area contributed by atoms with Crippen LogP contribution < -0.4 is 10.1 Å². The summed E-state index contributed by atoms with van der Waals surface area (Å²) in [4.78, 5) is 14.0. The molecule has 2 aliphatic heterocycles. The molecular weight excluding hydrogens is 295 g/mol. The third-order valence-corrected chi connectivity index (χ3v) is 4.98. The number of piperidine rings is 1. The molecule has 2 saturated heterocycles. The maximum Gasteiger partial charge on any atom is 0.222 e. The second kappa shape index (κ2) is 7.30. The lowest BCUT2D eigenvalue weighted by Crippen LogP contribution is -2.40. The van der Waals surface area contributed by atoms with E-state index in [9.17, 15) is 9.18 Å². The fourth-order valence-electron chi connectivity index (χ4n) is 3.72. The van der Waals surface area contributed by atoms with E-state index >= 15 is 0 Å². The quantitative estimate of drug-likeness (QED) is 0.876. The number of hydrogen-bond acceptors (Lipinski definition) is 3. The van der Waals surface area contributed by atoms with Crippen molar-refractivity contribution in [3.8, 4) is 5.75 Å². The van der Waals surface area contributed by atoms with E-state index in [0.717, 1.165) is 12.8 Å². The average Bonchev–Trinajstić information content (AvgIpc) is 2.87. The molecule has 2 heterocycles. The minimum Gasteiger partial charge on any atom is -0.489 e. The van der Waals surface area contributed by atoms with E-state index in [2.05, 4.69) is 5.32 Å². The molecule has 1 aromatic carbocycles. The third kappa shape index (κ3) is 4.22. The molecule has 23 heavy (non-hydrogen) atoms. The number of ether oxygens (including phenoxy) is 1. The first-order valence-electron chi connectivity index (χ1n) is 8.49. The fraction of sp³-hybridized carbons (Fsp3) is 0.611. The van der Waals surface area contributed by atoms with Crippen LogP contribution in [0.1, 0.15) is 32.1 Å². The smallest absolute Gasteiger partial charge is 0.222 e. The Morgan fingerprint density at radius 2 is 2.00 bits per heavy atom. The van der Waals surface area contributed by atoms with Gasteiger partial charge >= 0.3 is 0 Å². The van der Waals surface area contributed by atoms with Gasteiger partial charge in [0, 0.05) is 25.6 Å². The predicted octanol–water partition coefficient (Wildman–Crippen LogP) is 2.58. The van der Waals surface area contributed by atoms with E-state index in [1.807, 2.05) is 0 Å². The molecule has 4 nitrogen and oxygen atoms in total. The van der Waals surface area contributed by atoms with Crippen molar-refractivity contribution in [3.05, 3.63) is 30.1 Å². The molecule has 0 aromatic heterocycles. The van der Waals surface area contributed by atoms with Gasteiger partial charge in [-0.2, -0.15) is 0 Å². The van der Waals surface area contributed by atoms with Gasteiger partial charge in [0.25, 0.3) is 0 Å². The summed E-state index contributed by atoms with van der Waals surface area (Å²) in [5.74, 6) is 0.527. The highest BCUT2D eigenvalue weighted by atomic mass is 19.1. The van der Waals surface area contributed by atoms with Crippen LogP contribution in [-0.4, -0.2) is 43.1 Å². The van der Waals surface area contributed by atoms with Crippen LogP contribution in [0.15, 0.2) is 24.3 Å². The number of benzene rings is 1. The number of carbonyl (C=O) groups excluding carboxylic acids is 1. The van der Waals surface area contributed by atoms with Crippen molar-refractivity contribution in [1.82, 2.24) is 10.2 Å². The summed E-state index contributed by atoms with van der Waals surface area (Å²) in [6.07, 6.45) is 5.35. The van der Waals surface area contributed by atoms with Crippen molar-refractivity contribution < 1.29 is 13.9 Å². The maximum atomic E-state index is 13.4. The zero-order valence-corrected chi connectivity index (χ0v) is 13.6. The average molecular weight is 320 g/mol. The molecule has 126 valence electrons. The van der Waals surface area contributed by atoms with Crippen molar-refractivity contribution in [2.75, 3.05) is 20.2 Å². The molecule has 0 saturated carbocycles. The van der Waals surface area contributed by atoms with Gasteiger partial charge in [-0.05, 0) is 43.7 Å². The maximum absolute atomic E-state index is 13.4. The topological polar surface area (TPSA) is 41.6 Å². The first-order chi connectivity index (χ1) is 11.1. The number of carbonyl (C=O) groups is 1. The van der Waals surface area contributed by atoms with E-state index in [0.29, 0.717) is 37.6 Å². The summed E-state index contributed by atoms with van der Waals surface area (Å²) in [6, 6.07) is 7.56. The Balaban J connectivity index is 1.40. The zero-order chi connectivity index (χ0) is 16.2. The van der Waals surface area contributed by atoms with Crippen LogP contribution in [0, 0.1) is 11.7 Å². The molecule has 3 rings (SSSR count). The monoisotopic (exact) mass is 320 g/mol. The number of halogens is 1. The SMILES string of the molecule is CN(CCOc1ccccc1F)C(=O)CC1CC2CCC(C1)N2. The van der Waals surface area contributed by atoms with Gasteiger partial charge < -0.3 is 15.0 Å². The van der Waals surface area contributed by atoms with E-state index < -0.39 is 0 Å². The van der Waals surface area contributed by atoms with Crippen molar-refractivity contribution in [2.24, 2.45) is 5.92 Å². The number of para-hydroxylation sites is 1. The molecule has 1 aromatic rings. The lowest BCUT2D eigenvalue weighted by Gasteiger charge is -2.30. The lowest BCUT2D eigenvalue weighted by atomic mass is 9.89. The van der Waals surface area contributed by atoms with Crippen LogP contribution in [0.5, 0.6) is 5.75 Å². The van der Waals surface area contributed by atoms with Gasteiger partial charge in [0.05, 0.1) is 6.54 Å². The second-order valence-electron chi connectivity index (χ2n) is 6.77. The fourth-order valence-corrected chi connectivity index (χ4v) is 3.72. The Bertz CT molecular complexity index is 540. The van der Waals surface area contributed by atoms with Gasteiger partial charge in [0.2, 0.25) is 5.91 Å². The van der Waals surface area contributed by atoms with Crippen LogP contribution in [0.2, 0.25) is 0 Å². The summed E-state index contributed by atoms with van der Waals surface area (Å²) >= 11 is 0. The zero-order valence-electron chi connectivity index (χ0n) is 13.6. The highest BCUT2D eigenvalue weighted by Gasteiger charge is 2.34. The number of rotatable bonds is 6. The van der Waals surface area contributed by atoms with Crippen molar-refractivity contribution >= 4 is 5.91 Å². The van der Waals surface area contributed by atoms with Crippen molar-refractivity contribution in [2.45, 2.75) is 44.2 Å². The first-order valence-corrected chi connectivity index (χ1v) is 8.49. The Morgan fingerprint density at radius 1 is 1.30 bits per heavy atom. The first kappa shape index (κ1) is 16.2. The minimum atomic E-state index is -0.369. The molecule has 0 spiro atoms. The number of hydrogen-bond donors (Lipinski definition) is 1. The number of likely N-dealkylation sites (N-methyl/N-ethyl adjacent to an activating group) is 1. The van der Waals surface area contributed by atoms with Gasteiger partial charge in [-0.3, -0.25) is 4.79 Å². The van der Waals surface area contributed by atoms with Crippen LogP contribution in [-0.2, 0) is 4.79 Å². The van der Waals surface area contributed by atoms with Gasteiger partial charge in [-0.15, -0.1) is 0 Å². The third-order valence-electron chi connectivity index (χ3n) is 4.98. The Hall–Kier alpha value is -1.62. The summed E-state index contributed by atoms with van der Waals surface area (Å²) < 4.78 is 18.9. The standard InChI is InChI=1S/C18H25FN2O2/c1-21(8-9-23-17-5-3-2-4-16(17)19)18(22)12-13-10-14-6-7-15(11-13)20-14/h2-5,13-15,20H,6-12H2,1H3. The Morgan fingerprint density at radius 3 is 2.70 bits per heavy atom. The highest BCUT2D eigenvalue weighted by molar-refractivity contribution is 5.76. The van der Waals surface area contributed by atoms with Crippen molar-refractivity contribution in [3.63, 3.8) is 0 Å². The van der Waals surface area contributed by atoms with Crippen LogP contribution in [0.4, 0.5) is 4.39 Å². The van der Waals surface area contributed by atoms with Crippen molar-refractivity contribution in [1.29, 1.82) is 0 Å². The van der Waals surface area contributed by atoms with Gasteiger partial charge in [-0.25, -0.2) is 4.39 Å². The van der Waals surface area contributed by atoms with Gasteiger partial charge in [-0.1, -0.05) is 12.1 Å². The summed E-state index contributed by atoms with van der Waals surface area (Å²) in [6.45, 7) is 0.783. The molecule has 2 bridgehead atoms. The summed E-state index contributed by atoms with van der Waals surface area (Å²) in [5.41, 5.74) is 0. The number of nitrogens with zero attached hydrogens (tertiary/aromatic N) is 1. The number of nitrogens with one attached hydrogen (secondary N) is 1. The summed E-state index contributed by atoms with van der Waals surface area (Å²) in [7, 11) is 1.79. The Labute approximate surface area is 137 Å². The predicted molar refractivity (Wildman–Crippen MR) is 86.8 cm³/mol. The van der Waals surface area contributed by atoms with E-state index in [-0.39, 0.29) is 17.5 Å². The molecule has 2 atom stereocenters. The largest absolute Gasteiger partial charge is 0.489 e. The minimum absolute atomic E-state index is 0.161. The number of amides is 1. The molecular formula is C18H25FN2O2. The normalized spacial score (nSPS) is 26.1. The van der Waals surface area contributed by atoms with Gasteiger partial charge in [0.1, 0.15) is 6.61 Å². The van der Waals surface area contributed by atoms with Crippen LogP contribution in [0.25, 0.3) is 0 Å². The second-order valence-corrected chi connectivity index (χ2v) is 6.77. The lowest BCUT2D eigenvalue weighted by molar-refractivity contribution is -0.131.